The molecule has 2 rings (SSSR count). The first kappa shape index (κ1) is 17.7. The second-order valence-electron chi connectivity index (χ2n) is 5.75. The maximum atomic E-state index is 12.3. The molecule has 0 spiro atoms. The van der Waals surface area contributed by atoms with Crippen molar-refractivity contribution in [2.45, 2.75) is 26.4 Å². The topological polar surface area (TPSA) is 74.6 Å². The number of amides is 2. The fourth-order valence-corrected chi connectivity index (χ4v) is 2.17. The zero-order chi connectivity index (χ0) is 17.5. The smallest absolute Gasteiger partial charge is 0.241 e. The summed E-state index contributed by atoms with van der Waals surface area (Å²) < 4.78 is 5.16. The number of benzene rings is 1. The highest BCUT2D eigenvalue weighted by atomic mass is 16.3. The molecular formula is C18H23N3O3. The van der Waals surface area contributed by atoms with Crippen molar-refractivity contribution in [3.05, 3.63) is 54.0 Å². The maximum Gasteiger partial charge on any atom is 0.241 e. The molecule has 0 aliphatic rings. The first-order valence-electron chi connectivity index (χ1n) is 7.83. The normalized spacial score (nSPS) is 12.0. The molecule has 0 saturated carbocycles. The highest BCUT2D eigenvalue weighted by Crippen LogP contribution is 2.14. The average Bonchev–Trinajstić information content (AvgIpc) is 3.07. The number of aryl methyl sites for hydroxylation is 1. The molecular weight excluding hydrogens is 306 g/mol. The summed E-state index contributed by atoms with van der Waals surface area (Å²) in [5.74, 6) is 0.381. The zero-order valence-electron chi connectivity index (χ0n) is 14.2. The van der Waals surface area contributed by atoms with E-state index in [-0.39, 0.29) is 18.4 Å². The van der Waals surface area contributed by atoms with Gasteiger partial charge in [0.05, 0.1) is 25.4 Å². The van der Waals surface area contributed by atoms with Gasteiger partial charge >= 0.3 is 0 Å². The van der Waals surface area contributed by atoms with Crippen molar-refractivity contribution in [1.29, 1.82) is 0 Å². The third kappa shape index (κ3) is 4.96. The Morgan fingerprint density at radius 1 is 1.21 bits per heavy atom. The minimum absolute atomic E-state index is 0.128. The van der Waals surface area contributed by atoms with Gasteiger partial charge in [0.15, 0.2) is 0 Å². The number of rotatable bonds is 7. The third-order valence-electron chi connectivity index (χ3n) is 3.88. The summed E-state index contributed by atoms with van der Waals surface area (Å²) in [5.41, 5.74) is 1.78. The Hall–Kier alpha value is -2.60. The fourth-order valence-electron chi connectivity index (χ4n) is 2.17. The van der Waals surface area contributed by atoms with Gasteiger partial charge in [0.25, 0.3) is 0 Å². The largest absolute Gasteiger partial charge is 0.467 e. The van der Waals surface area contributed by atoms with Gasteiger partial charge in [-0.2, -0.15) is 0 Å². The van der Waals surface area contributed by atoms with Crippen LogP contribution in [0.5, 0.6) is 0 Å². The van der Waals surface area contributed by atoms with E-state index in [1.807, 2.05) is 31.2 Å². The summed E-state index contributed by atoms with van der Waals surface area (Å²) in [6, 6.07) is 10.7. The number of para-hydroxylation sites is 1. The van der Waals surface area contributed by atoms with E-state index in [0.29, 0.717) is 12.3 Å². The van der Waals surface area contributed by atoms with Crippen molar-refractivity contribution in [2.75, 3.05) is 18.9 Å². The number of furan rings is 1. The molecule has 6 nitrogen and oxygen atoms in total. The van der Waals surface area contributed by atoms with Crippen LogP contribution < -0.4 is 10.6 Å². The summed E-state index contributed by atoms with van der Waals surface area (Å²) in [7, 11) is 1.74. The lowest BCUT2D eigenvalue weighted by molar-refractivity contribution is -0.125. The molecule has 24 heavy (non-hydrogen) atoms. The van der Waals surface area contributed by atoms with Crippen LogP contribution in [0, 0.1) is 6.92 Å². The lowest BCUT2D eigenvalue weighted by Gasteiger charge is -2.23. The number of hydrogen-bond acceptors (Lipinski definition) is 4. The summed E-state index contributed by atoms with van der Waals surface area (Å²) in [6.07, 6.45) is 1.56. The van der Waals surface area contributed by atoms with Crippen LogP contribution >= 0.6 is 0 Å². The number of likely N-dealkylation sites (N-methyl/N-ethyl adjacent to an activating group) is 1. The van der Waals surface area contributed by atoms with E-state index >= 15 is 0 Å². The standard InChI is InChI=1S/C18H23N3O3/c1-13-7-4-5-9-16(13)20-18(23)14(2)21(3)12-17(22)19-11-15-8-6-10-24-15/h4-10,14H,11-12H2,1-3H3,(H,19,22)(H,20,23). The Balaban J connectivity index is 1.82. The molecule has 2 amide bonds. The second kappa shape index (κ2) is 8.31. The van der Waals surface area contributed by atoms with Crippen LogP contribution in [0.1, 0.15) is 18.2 Å². The number of carbonyl (C=O) groups is 2. The molecule has 6 heteroatoms. The van der Waals surface area contributed by atoms with Gasteiger partial charge in [-0.1, -0.05) is 18.2 Å². The molecule has 2 aromatic rings. The molecule has 1 heterocycles. The lowest BCUT2D eigenvalue weighted by atomic mass is 10.2. The summed E-state index contributed by atoms with van der Waals surface area (Å²) in [5, 5.41) is 5.65. The third-order valence-corrected chi connectivity index (χ3v) is 3.88. The van der Waals surface area contributed by atoms with Gasteiger partial charge in [-0.25, -0.2) is 0 Å². The molecule has 1 unspecified atom stereocenters. The molecule has 0 saturated heterocycles. The predicted molar refractivity (Wildman–Crippen MR) is 92.5 cm³/mol. The fraction of sp³-hybridized carbons (Fsp3) is 0.333. The van der Waals surface area contributed by atoms with Gasteiger partial charge in [-0.3, -0.25) is 14.5 Å². The van der Waals surface area contributed by atoms with Gasteiger partial charge in [-0.05, 0) is 44.7 Å². The molecule has 2 N–H and O–H groups in total. The van der Waals surface area contributed by atoms with E-state index in [4.69, 9.17) is 4.42 Å². The Morgan fingerprint density at radius 3 is 2.62 bits per heavy atom. The number of hydrogen-bond donors (Lipinski definition) is 2. The Labute approximate surface area is 141 Å². The number of carbonyl (C=O) groups excluding carboxylic acids is 2. The van der Waals surface area contributed by atoms with Crippen LogP contribution in [0.2, 0.25) is 0 Å². The number of anilines is 1. The van der Waals surface area contributed by atoms with Crippen LogP contribution in [0.3, 0.4) is 0 Å². The van der Waals surface area contributed by atoms with Crippen molar-refractivity contribution in [3.63, 3.8) is 0 Å². The molecule has 1 atom stereocenters. The first-order chi connectivity index (χ1) is 11.5. The van der Waals surface area contributed by atoms with Gasteiger partial charge in [0, 0.05) is 5.69 Å². The maximum absolute atomic E-state index is 12.3. The van der Waals surface area contributed by atoms with Crippen LogP contribution in [0.25, 0.3) is 0 Å². The Bertz CT molecular complexity index is 683. The monoisotopic (exact) mass is 329 g/mol. The summed E-state index contributed by atoms with van der Waals surface area (Å²) in [6.45, 7) is 4.17. The van der Waals surface area contributed by atoms with Gasteiger partial charge < -0.3 is 15.1 Å². The van der Waals surface area contributed by atoms with Crippen molar-refractivity contribution < 1.29 is 14.0 Å². The Morgan fingerprint density at radius 2 is 1.96 bits per heavy atom. The average molecular weight is 329 g/mol. The van der Waals surface area contributed by atoms with Gasteiger partial charge in [-0.15, -0.1) is 0 Å². The van der Waals surface area contributed by atoms with Crippen molar-refractivity contribution in [3.8, 4) is 0 Å². The second-order valence-corrected chi connectivity index (χ2v) is 5.75. The van der Waals surface area contributed by atoms with E-state index in [1.165, 1.54) is 0 Å². The molecule has 0 bridgehead atoms. The number of nitrogens with one attached hydrogen (secondary N) is 2. The quantitative estimate of drug-likeness (QED) is 0.816. The first-order valence-corrected chi connectivity index (χ1v) is 7.83. The zero-order valence-corrected chi connectivity index (χ0v) is 14.2. The minimum atomic E-state index is -0.432. The summed E-state index contributed by atoms with van der Waals surface area (Å²) in [4.78, 5) is 26.0. The van der Waals surface area contributed by atoms with Crippen molar-refractivity contribution in [2.24, 2.45) is 0 Å². The van der Waals surface area contributed by atoms with Crippen molar-refractivity contribution in [1.82, 2.24) is 10.2 Å². The molecule has 0 fully saturated rings. The van der Waals surface area contributed by atoms with E-state index in [0.717, 1.165) is 11.3 Å². The SMILES string of the molecule is Cc1ccccc1NC(=O)C(C)N(C)CC(=O)NCc1ccco1. The molecule has 0 aliphatic heterocycles. The molecule has 1 aromatic carbocycles. The van der Waals surface area contributed by atoms with Gasteiger partial charge in [0.1, 0.15) is 5.76 Å². The van der Waals surface area contributed by atoms with E-state index < -0.39 is 6.04 Å². The van der Waals surface area contributed by atoms with Crippen molar-refractivity contribution >= 4 is 17.5 Å². The van der Waals surface area contributed by atoms with Crippen LogP contribution in [0.15, 0.2) is 47.1 Å². The summed E-state index contributed by atoms with van der Waals surface area (Å²) >= 11 is 0. The van der Waals surface area contributed by atoms with Crippen LogP contribution in [-0.2, 0) is 16.1 Å². The predicted octanol–water partition coefficient (Wildman–Crippen LogP) is 2.16. The van der Waals surface area contributed by atoms with E-state index in [9.17, 15) is 9.59 Å². The van der Waals surface area contributed by atoms with Crippen LogP contribution in [-0.4, -0.2) is 36.3 Å². The van der Waals surface area contributed by atoms with E-state index in [1.54, 1.807) is 37.3 Å². The highest BCUT2D eigenvalue weighted by Gasteiger charge is 2.20. The molecule has 1 aromatic heterocycles. The minimum Gasteiger partial charge on any atom is -0.467 e. The molecule has 128 valence electrons. The molecule has 0 aliphatic carbocycles. The van der Waals surface area contributed by atoms with Crippen LogP contribution in [0.4, 0.5) is 5.69 Å². The Kier molecular flexibility index (Phi) is 6.14. The number of nitrogens with zero attached hydrogens (tertiary/aromatic N) is 1. The highest BCUT2D eigenvalue weighted by molar-refractivity contribution is 5.95. The molecule has 0 radical (unpaired) electrons. The lowest BCUT2D eigenvalue weighted by Crippen LogP contribution is -2.44. The van der Waals surface area contributed by atoms with E-state index in [2.05, 4.69) is 10.6 Å². The van der Waals surface area contributed by atoms with Gasteiger partial charge in [0.2, 0.25) is 11.8 Å².